The fourth-order valence-electron chi connectivity index (χ4n) is 1.35. The smallest absolute Gasteiger partial charge is 0.241 e. The Morgan fingerprint density at radius 3 is 2.31 bits per heavy atom. The molecule has 0 atom stereocenters. The Labute approximate surface area is 96.4 Å². The standard InChI is InChI=1S/C11H17NO3S/c1-11(2,3)12-16(14,15)10-7-5-4-6-9(10)8-13/h4-7,12-13H,8H2,1-3H3. The molecule has 16 heavy (non-hydrogen) atoms. The van der Waals surface area contributed by atoms with Crippen LogP contribution in [-0.4, -0.2) is 19.1 Å². The molecule has 0 saturated carbocycles. The number of hydrogen-bond donors (Lipinski definition) is 2. The molecular weight excluding hydrogens is 226 g/mol. The van der Waals surface area contributed by atoms with Gasteiger partial charge in [-0.15, -0.1) is 0 Å². The average Bonchev–Trinajstić information content (AvgIpc) is 2.14. The molecule has 0 unspecified atom stereocenters. The highest BCUT2D eigenvalue weighted by Gasteiger charge is 2.23. The summed E-state index contributed by atoms with van der Waals surface area (Å²) in [7, 11) is -3.57. The van der Waals surface area contributed by atoms with E-state index in [0.29, 0.717) is 5.56 Å². The van der Waals surface area contributed by atoms with Crippen LogP contribution in [0.15, 0.2) is 29.2 Å². The zero-order valence-corrected chi connectivity index (χ0v) is 10.5. The van der Waals surface area contributed by atoms with Gasteiger partial charge in [0.2, 0.25) is 10.0 Å². The van der Waals surface area contributed by atoms with Gasteiger partial charge >= 0.3 is 0 Å². The quantitative estimate of drug-likeness (QED) is 0.839. The topological polar surface area (TPSA) is 66.4 Å². The molecule has 0 spiro atoms. The molecule has 90 valence electrons. The molecular formula is C11H17NO3S. The molecule has 0 fully saturated rings. The average molecular weight is 243 g/mol. The SMILES string of the molecule is CC(C)(C)NS(=O)(=O)c1ccccc1CO. The van der Waals surface area contributed by atoms with Crippen molar-refractivity contribution in [3.63, 3.8) is 0 Å². The van der Waals surface area contributed by atoms with Crippen LogP contribution in [0.25, 0.3) is 0 Å². The fraction of sp³-hybridized carbons (Fsp3) is 0.455. The first-order valence-corrected chi connectivity index (χ1v) is 6.47. The first-order chi connectivity index (χ1) is 7.26. The Hall–Kier alpha value is -0.910. The van der Waals surface area contributed by atoms with Gasteiger partial charge in [-0.2, -0.15) is 0 Å². The molecule has 4 nitrogen and oxygen atoms in total. The van der Waals surface area contributed by atoms with E-state index in [1.165, 1.54) is 6.07 Å². The molecule has 0 aliphatic heterocycles. The van der Waals surface area contributed by atoms with Gasteiger partial charge in [0.15, 0.2) is 0 Å². The number of rotatable bonds is 3. The minimum Gasteiger partial charge on any atom is -0.392 e. The third kappa shape index (κ3) is 3.30. The van der Waals surface area contributed by atoms with Gasteiger partial charge in [0.25, 0.3) is 0 Å². The van der Waals surface area contributed by atoms with E-state index in [1.54, 1.807) is 39.0 Å². The zero-order valence-electron chi connectivity index (χ0n) is 9.69. The number of sulfonamides is 1. The summed E-state index contributed by atoms with van der Waals surface area (Å²) in [4.78, 5) is 0.132. The van der Waals surface area contributed by atoms with Gasteiger partial charge in [0, 0.05) is 5.54 Å². The van der Waals surface area contributed by atoms with Crippen LogP contribution in [-0.2, 0) is 16.6 Å². The van der Waals surface area contributed by atoms with E-state index in [0.717, 1.165) is 0 Å². The second-order valence-electron chi connectivity index (χ2n) is 4.62. The lowest BCUT2D eigenvalue weighted by atomic mass is 10.1. The molecule has 0 bridgehead atoms. The van der Waals surface area contributed by atoms with Crippen molar-refractivity contribution in [3.05, 3.63) is 29.8 Å². The maximum Gasteiger partial charge on any atom is 0.241 e. The molecule has 0 aliphatic carbocycles. The fourth-order valence-corrected chi connectivity index (χ4v) is 3.01. The maximum absolute atomic E-state index is 12.0. The van der Waals surface area contributed by atoms with Crippen LogP contribution in [0.2, 0.25) is 0 Å². The highest BCUT2D eigenvalue weighted by Crippen LogP contribution is 2.17. The van der Waals surface area contributed by atoms with Crippen LogP contribution in [0.5, 0.6) is 0 Å². The van der Waals surface area contributed by atoms with E-state index < -0.39 is 15.6 Å². The molecule has 2 N–H and O–H groups in total. The van der Waals surface area contributed by atoms with E-state index in [1.807, 2.05) is 0 Å². The van der Waals surface area contributed by atoms with Crippen molar-refractivity contribution in [1.29, 1.82) is 0 Å². The summed E-state index contributed by atoms with van der Waals surface area (Å²) in [5.74, 6) is 0. The lowest BCUT2D eigenvalue weighted by molar-refractivity contribution is 0.278. The van der Waals surface area contributed by atoms with Gasteiger partial charge in [0.05, 0.1) is 11.5 Å². The Kier molecular flexibility index (Phi) is 3.72. The summed E-state index contributed by atoms with van der Waals surface area (Å²) in [6.07, 6.45) is 0. The third-order valence-corrected chi connectivity index (χ3v) is 3.73. The van der Waals surface area contributed by atoms with Crippen LogP contribution in [0.1, 0.15) is 26.3 Å². The first kappa shape index (κ1) is 13.2. The zero-order chi connectivity index (χ0) is 12.4. The number of hydrogen-bond acceptors (Lipinski definition) is 3. The van der Waals surface area contributed by atoms with Gasteiger partial charge in [0.1, 0.15) is 0 Å². The second-order valence-corrected chi connectivity index (χ2v) is 6.27. The number of aliphatic hydroxyl groups is 1. The van der Waals surface area contributed by atoms with Crippen LogP contribution < -0.4 is 4.72 Å². The summed E-state index contributed by atoms with van der Waals surface area (Å²) < 4.78 is 26.6. The molecule has 1 aromatic rings. The molecule has 0 aromatic heterocycles. The number of benzene rings is 1. The van der Waals surface area contributed by atoms with Crippen molar-refractivity contribution in [2.75, 3.05) is 0 Å². The Morgan fingerprint density at radius 2 is 1.81 bits per heavy atom. The molecule has 5 heteroatoms. The normalized spacial score (nSPS) is 12.8. The van der Waals surface area contributed by atoms with E-state index in [9.17, 15) is 8.42 Å². The predicted molar refractivity (Wildman–Crippen MR) is 62.4 cm³/mol. The van der Waals surface area contributed by atoms with E-state index >= 15 is 0 Å². The lowest BCUT2D eigenvalue weighted by Gasteiger charge is -2.21. The third-order valence-electron chi connectivity index (χ3n) is 1.87. The second kappa shape index (κ2) is 4.53. The highest BCUT2D eigenvalue weighted by molar-refractivity contribution is 7.89. The van der Waals surface area contributed by atoms with Gasteiger partial charge in [-0.05, 0) is 32.4 Å². The van der Waals surface area contributed by atoms with Crippen molar-refractivity contribution < 1.29 is 13.5 Å². The largest absolute Gasteiger partial charge is 0.392 e. The van der Waals surface area contributed by atoms with Gasteiger partial charge in [-0.25, -0.2) is 13.1 Å². The van der Waals surface area contributed by atoms with Gasteiger partial charge in [-0.3, -0.25) is 0 Å². The van der Waals surface area contributed by atoms with Crippen molar-refractivity contribution in [2.45, 2.75) is 37.8 Å². The van der Waals surface area contributed by atoms with Crippen molar-refractivity contribution in [1.82, 2.24) is 4.72 Å². The number of nitrogens with one attached hydrogen (secondary N) is 1. The Bertz CT molecular complexity index is 460. The highest BCUT2D eigenvalue weighted by atomic mass is 32.2. The summed E-state index contributed by atoms with van der Waals surface area (Å²) in [6, 6.07) is 6.41. The molecule has 0 amide bonds. The van der Waals surface area contributed by atoms with E-state index in [2.05, 4.69) is 4.72 Å². The molecule has 1 rings (SSSR count). The molecule has 0 aliphatic rings. The molecule has 0 radical (unpaired) electrons. The lowest BCUT2D eigenvalue weighted by Crippen LogP contribution is -2.40. The summed E-state index contributed by atoms with van der Waals surface area (Å²) in [6.45, 7) is 5.02. The summed E-state index contributed by atoms with van der Waals surface area (Å²) >= 11 is 0. The van der Waals surface area contributed by atoms with E-state index in [4.69, 9.17) is 5.11 Å². The van der Waals surface area contributed by atoms with Crippen LogP contribution in [0.3, 0.4) is 0 Å². The monoisotopic (exact) mass is 243 g/mol. The van der Waals surface area contributed by atoms with E-state index in [-0.39, 0.29) is 11.5 Å². The first-order valence-electron chi connectivity index (χ1n) is 4.99. The summed E-state index contributed by atoms with van der Waals surface area (Å²) in [5, 5.41) is 9.09. The molecule has 1 aromatic carbocycles. The molecule has 0 heterocycles. The van der Waals surface area contributed by atoms with Crippen LogP contribution >= 0.6 is 0 Å². The minimum atomic E-state index is -3.57. The van der Waals surface area contributed by atoms with Gasteiger partial charge < -0.3 is 5.11 Å². The maximum atomic E-state index is 12.0. The Balaban J connectivity index is 3.17. The predicted octanol–water partition coefficient (Wildman–Crippen LogP) is 1.26. The van der Waals surface area contributed by atoms with Crippen LogP contribution in [0.4, 0.5) is 0 Å². The van der Waals surface area contributed by atoms with Crippen molar-refractivity contribution in [3.8, 4) is 0 Å². The van der Waals surface area contributed by atoms with Crippen molar-refractivity contribution in [2.24, 2.45) is 0 Å². The minimum absolute atomic E-state index is 0.132. The number of aliphatic hydroxyl groups excluding tert-OH is 1. The molecule has 0 saturated heterocycles. The van der Waals surface area contributed by atoms with Crippen molar-refractivity contribution >= 4 is 10.0 Å². The Morgan fingerprint density at radius 1 is 1.25 bits per heavy atom. The summed E-state index contributed by atoms with van der Waals surface area (Å²) in [5.41, 5.74) is -0.138. The van der Waals surface area contributed by atoms with Gasteiger partial charge in [-0.1, -0.05) is 18.2 Å². The van der Waals surface area contributed by atoms with Crippen LogP contribution in [0, 0.1) is 0 Å².